The van der Waals surface area contributed by atoms with E-state index in [2.05, 4.69) is 28.9 Å². The lowest BCUT2D eigenvalue weighted by atomic mass is 10.0. The third kappa shape index (κ3) is 2.61. The number of pyridine rings is 1. The van der Waals surface area contributed by atoms with Crippen molar-refractivity contribution in [3.05, 3.63) is 22.8 Å². The van der Waals surface area contributed by atoms with E-state index in [4.69, 9.17) is 22.5 Å². The predicted octanol–water partition coefficient (Wildman–Crippen LogP) is 2.45. The molecule has 1 atom stereocenters. The molecule has 1 aliphatic heterocycles. The summed E-state index contributed by atoms with van der Waals surface area (Å²) < 4.78 is 0. The van der Waals surface area contributed by atoms with Gasteiger partial charge in [0, 0.05) is 24.3 Å². The SMILES string of the molecule is CC(C)C1CCCN1c1nccc(/C(N)=N/O)c1Cl. The topological polar surface area (TPSA) is 74.7 Å². The number of aromatic nitrogens is 1. The van der Waals surface area contributed by atoms with E-state index in [-0.39, 0.29) is 5.84 Å². The highest BCUT2D eigenvalue weighted by molar-refractivity contribution is 6.36. The first kappa shape index (κ1) is 13.9. The van der Waals surface area contributed by atoms with Crippen molar-refractivity contribution in [2.45, 2.75) is 32.7 Å². The molecule has 0 radical (unpaired) electrons. The van der Waals surface area contributed by atoms with Gasteiger partial charge in [-0.15, -0.1) is 0 Å². The molecule has 104 valence electrons. The number of rotatable bonds is 3. The van der Waals surface area contributed by atoms with E-state index in [0.29, 0.717) is 22.5 Å². The lowest BCUT2D eigenvalue weighted by Gasteiger charge is -2.29. The molecule has 0 bridgehead atoms. The van der Waals surface area contributed by atoms with Gasteiger partial charge in [-0.05, 0) is 24.8 Å². The second-order valence-electron chi connectivity index (χ2n) is 5.13. The number of hydrogen-bond donors (Lipinski definition) is 2. The zero-order valence-electron chi connectivity index (χ0n) is 11.2. The minimum absolute atomic E-state index is 0.00828. The van der Waals surface area contributed by atoms with E-state index in [1.54, 1.807) is 12.3 Å². The lowest BCUT2D eigenvalue weighted by Crippen LogP contribution is -2.34. The maximum atomic E-state index is 8.78. The molecule has 2 rings (SSSR count). The Morgan fingerprint density at radius 1 is 1.63 bits per heavy atom. The lowest BCUT2D eigenvalue weighted by molar-refractivity contribution is 0.318. The van der Waals surface area contributed by atoms with Gasteiger partial charge in [-0.2, -0.15) is 0 Å². The maximum absolute atomic E-state index is 8.78. The number of hydrogen-bond acceptors (Lipinski definition) is 4. The van der Waals surface area contributed by atoms with Gasteiger partial charge in [-0.1, -0.05) is 30.6 Å². The molecule has 6 heteroatoms. The van der Waals surface area contributed by atoms with Crippen LogP contribution < -0.4 is 10.6 Å². The zero-order chi connectivity index (χ0) is 14.0. The van der Waals surface area contributed by atoms with Gasteiger partial charge in [-0.3, -0.25) is 0 Å². The van der Waals surface area contributed by atoms with Gasteiger partial charge in [0.2, 0.25) is 0 Å². The summed E-state index contributed by atoms with van der Waals surface area (Å²) in [5, 5.41) is 12.2. The van der Waals surface area contributed by atoms with Crippen LogP contribution in [0.2, 0.25) is 5.02 Å². The van der Waals surface area contributed by atoms with Crippen molar-refractivity contribution in [3.63, 3.8) is 0 Å². The van der Waals surface area contributed by atoms with Crippen LogP contribution in [-0.4, -0.2) is 28.6 Å². The number of nitrogens with zero attached hydrogens (tertiary/aromatic N) is 3. The van der Waals surface area contributed by atoms with Crippen LogP contribution in [0.1, 0.15) is 32.3 Å². The quantitative estimate of drug-likeness (QED) is 0.386. The molecule has 1 saturated heterocycles. The molecule has 0 aromatic carbocycles. The first-order valence-electron chi connectivity index (χ1n) is 6.45. The van der Waals surface area contributed by atoms with Crippen molar-refractivity contribution in [2.75, 3.05) is 11.4 Å². The first-order chi connectivity index (χ1) is 9.06. The highest BCUT2D eigenvalue weighted by atomic mass is 35.5. The van der Waals surface area contributed by atoms with Gasteiger partial charge in [0.1, 0.15) is 5.82 Å². The zero-order valence-corrected chi connectivity index (χ0v) is 11.9. The Bertz CT molecular complexity index is 490. The summed E-state index contributed by atoms with van der Waals surface area (Å²) in [6, 6.07) is 2.09. The van der Waals surface area contributed by atoms with Crippen LogP contribution in [0.4, 0.5) is 5.82 Å². The van der Waals surface area contributed by atoms with E-state index in [0.717, 1.165) is 25.2 Å². The van der Waals surface area contributed by atoms with Crippen molar-refractivity contribution in [1.82, 2.24) is 4.98 Å². The van der Waals surface area contributed by atoms with Crippen LogP contribution in [0.25, 0.3) is 0 Å². The summed E-state index contributed by atoms with van der Waals surface area (Å²) in [5.74, 6) is 1.27. The highest BCUT2D eigenvalue weighted by Crippen LogP contribution is 2.34. The second kappa shape index (κ2) is 5.65. The van der Waals surface area contributed by atoms with Crippen molar-refractivity contribution < 1.29 is 5.21 Å². The van der Waals surface area contributed by atoms with Gasteiger partial charge < -0.3 is 15.8 Å². The monoisotopic (exact) mass is 282 g/mol. The van der Waals surface area contributed by atoms with E-state index in [1.807, 2.05) is 0 Å². The van der Waals surface area contributed by atoms with Gasteiger partial charge >= 0.3 is 0 Å². The molecule has 1 aromatic rings. The second-order valence-corrected chi connectivity index (χ2v) is 5.51. The van der Waals surface area contributed by atoms with Crippen LogP contribution in [-0.2, 0) is 0 Å². The smallest absolute Gasteiger partial charge is 0.171 e. The van der Waals surface area contributed by atoms with Gasteiger partial charge in [0.05, 0.1) is 5.02 Å². The predicted molar refractivity (Wildman–Crippen MR) is 77.0 cm³/mol. The number of nitrogens with two attached hydrogens (primary N) is 1. The Balaban J connectivity index is 2.40. The molecule has 2 heterocycles. The molecule has 0 aliphatic carbocycles. The van der Waals surface area contributed by atoms with Gasteiger partial charge in [0.25, 0.3) is 0 Å². The fraction of sp³-hybridized carbons (Fsp3) is 0.538. The molecule has 1 aromatic heterocycles. The van der Waals surface area contributed by atoms with Crippen LogP contribution in [0.5, 0.6) is 0 Å². The minimum atomic E-state index is 0.00828. The molecule has 19 heavy (non-hydrogen) atoms. The molecule has 3 N–H and O–H groups in total. The van der Waals surface area contributed by atoms with Crippen LogP contribution >= 0.6 is 11.6 Å². The summed E-state index contributed by atoms with van der Waals surface area (Å²) >= 11 is 6.36. The highest BCUT2D eigenvalue weighted by Gasteiger charge is 2.30. The van der Waals surface area contributed by atoms with Crippen LogP contribution in [0.3, 0.4) is 0 Å². The number of anilines is 1. The average Bonchev–Trinajstić information content (AvgIpc) is 2.87. The number of oxime groups is 1. The Morgan fingerprint density at radius 2 is 2.37 bits per heavy atom. The van der Waals surface area contributed by atoms with Crippen LogP contribution in [0, 0.1) is 5.92 Å². The minimum Gasteiger partial charge on any atom is -0.409 e. The Morgan fingerprint density at radius 3 is 3.00 bits per heavy atom. The molecule has 0 spiro atoms. The Kier molecular flexibility index (Phi) is 4.14. The van der Waals surface area contributed by atoms with Crippen molar-refractivity contribution >= 4 is 23.3 Å². The fourth-order valence-electron chi connectivity index (χ4n) is 2.63. The molecule has 1 fully saturated rings. The summed E-state index contributed by atoms with van der Waals surface area (Å²) in [6.07, 6.45) is 3.92. The summed E-state index contributed by atoms with van der Waals surface area (Å²) in [5.41, 5.74) is 6.14. The fourth-order valence-corrected chi connectivity index (χ4v) is 2.95. The number of amidine groups is 1. The maximum Gasteiger partial charge on any atom is 0.171 e. The van der Waals surface area contributed by atoms with Crippen molar-refractivity contribution in [3.8, 4) is 0 Å². The van der Waals surface area contributed by atoms with Crippen LogP contribution in [0.15, 0.2) is 17.4 Å². The molecular formula is C13H19ClN4O. The largest absolute Gasteiger partial charge is 0.409 e. The van der Waals surface area contributed by atoms with Gasteiger partial charge in [-0.25, -0.2) is 4.98 Å². The molecule has 5 nitrogen and oxygen atoms in total. The first-order valence-corrected chi connectivity index (χ1v) is 6.83. The van der Waals surface area contributed by atoms with E-state index < -0.39 is 0 Å². The normalized spacial score (nSPS) is 20.3. The molecule has 1 unspecified atom stereocenters. The van der Waals surface area contributed by atoms with Crippen molar-refractivity contribution in [2.24, 2.45) is 16.8 Å². The average molecular weight is 283 g/mol. The standard InChI is InChI=1S/C13H19ClN4O/c1-8(2)10-4-3-7-18(10)13-11(14)9(5-6-16-13)12(15)17-19/h5-6,8,10,19H,3-4,7H2,1-2H3,(H2,15,17). The summed E-state index contributed by atoms with van der Waals surface area (Å²) in [6.45, 7) is 5.34. The Labute approximate surface area is 118 Å². The Hall–Kier alpha value is -1.49. The van der Waals surface area contributed by atoms with E-state index in [9.17, 15) is 0 Å². The summed E-state index contributed by atoms with van der Waals surface area (Å²) in [4.78, 5) is 6.60. The number of halogens is 1. The third-order valence-corrected chi connectivity index (χ3v) is 3.97. The third-order valence-electron chi connectivity index (χ3n) is 3.60. The van der Waals surface area contributed by atoms with Gasteiger partial charge in [0.15, 0.2) is 5.84 Å². The molecular weight excluding hydrogens is 264 g/mol. The molecule has 0 saturated carbocycles. The molecule has 0 amide bonds. The summed E-state index contributed by atoms with van der Waals surface area (Å²) in [7, 11) is 0. The van der Waals surface area contributed by atoms with E-state index in [1.165, 1.54) is 0 Å². The van der Waals surface area contributed by atoms with Crippen molar-refractivity contribution in [1.29, 1.82) is 0 Å². The van der Waals surface area contributed by atoms with E-state index >= 15 is 0 Å². The molecule has 1 aliphatic rings.